The molecule has 0 atom stereocenters. The largest absolute Gasteiger partial charge is 0.573 e. The number of halogens is 3. The second-order valence-electron chi connectivity index (χ2n) is 4.64. The Morgan fingerprint density at radius 3 is 2.32 bits per heavy atom. The van der Waals surface area contributed by atoms with Crippen molar-refractivity contribution in [3.05, 3.63) is 35.4 Å². The van der Waals surface area contributed by atoms with Crippen LogP contribution in [0, 0.1) is 0 Å². The summed E-state index contributed by atoms with van der Waals surface area (Å²) in [5.74, 6) is -0.206. The van der Waals surface area contributed by atoms with Crippen LogP contribution in [0.1, 0.15) is 26.3 Å². The van der Waals surface area contributed by atoms with Crippen LogP contribution < -0.4 is 10.1 Å². The van der Waals surface area contributed by atoms with Gasteiger partial charge in [0.05, 0.1) is 0 Å². The zero-order valence-electron chi connectivity index (χ0n) is 11.2. The van der Waals surface area contributed by atoms with Gasteiger partial charge in [-0.3, -0.25) is 0 Å². The highest BCUT2D eigenvalue weighted by atomic mass is 19.4. The van der Waals surface area contributed by atoms with Crippen LogP contribution in [0.25, 0.3) is 6.08 Å². The second kappa shape index (κ2) is 6.61. The van der Waals surface area contributed by atoms with Gasteiger partial charge in [0.15, 0.2) is 0 Å². The van der Waals surface area contributed by atoms with Gasteiger partial charge in [-0.2, -0.15) is 0 Å². The Balaban J connectivity index is 2.63. The summed E-state index contributed by atoms with van der Waals surface area (Å²) in [6.07, 6.45) is -2.72. The molecule has 1 N–H and O–H groups in total. The first kappa shape index (κ1) is 15.6. The highest BCUT2D eigenvalue weighted by molar-refractivity contribution is 5.53. The van der Waals surface area contributed by atoms with Crippen LogP contribution in [0.4, 0.5) is 13.2 Å². The maximum Gasteiger partial charge on any atom is 0.573 e. The van der Waals surface area contributed by atoms with E-state index in [0.717, 1.165) is 17.7 Å². The number of ether oxygens (including phenoxy) is 1. The van der Waals surface area contributed by atoms with E-state index < -0.39 is 6.36 Å². The quantitative estimate of drug-likeness (QED) is 0.876. The summed E-state index contributed by atoms with van der Waals surface area (Å²) >= 11 is 0. The molecule has 0 heterocycles. The summed E-state index contributed by atoms with van der Waals surface area (Å²) in [6.45, 7) is 6.82. The molecule has 19 heavy (non-hydrogen) atoms. The first-order valence-corrected chi connectivity index (χ1v) is 6.02. The summed E-state index contributed by atoms with van der Waals surface area (Å²) < 4.78 is 39.8. The highest BCUT2D eigenvalue weighted by Crippen LogP contribution is 2.23. The van der Waals surface area contributed by atoms with E-state index in [2.05, 4.69) is 23.9 Å². The van der Waals surface area contributed by atoms with Gasteiger partial charge >= 0.3 is 6.36 Å². The second-order valence-corrected chi connectivity index (χ2v) is 4.64. The van der Waals surface area contributed by atoms with Crippen LogP contribution in [-0.4, -0.2) is 18.9 Å². The number of benzene rings is 1. The monoisotopic (exact) mass is 273 g/mol. The zero-order valence-corrected chi connectivity index (χ0v) is 11.2. The average molecular weight is 273 g/mol. The maximum atomic E-state index is 12.0. The topological polar surface area (TPSA) is 21.3 Å². The third-order valence-corrected chi connectivity index (χ3v) is 2.32. The van der Waals surface area contributed by atoms with Crippen LogP contribution >= 0.6 is 0 Å². The normalized spacial score (nSPS) is 12.9. The molecule has 0 spiro atoms. The Hall–Kier alpha value is -1.49. The predicted octanol–water partition coefficient (Wildman–Crippen LogP) is 3.99. The fourth-order valence-corrected chi connectivity index (χ4v) is 1.47. The number of rotatable bonds is 5. The molecule has 0 amide bonds. The third-order valence-electron chi connectivity index (χ3n) is 2.32. The minimum atomic E-state index is -4.64. The molecule has 0 aliphatic carbocycles. The van der Waals surface area contributed by atoms with Crippen molar-refractivity contribution in [3.63, 3.8) is 0 Å². The minimum Gasteiger partial charge on any atom is -0.406 e. The fraction of sp³-hybridized carbons (Fsp3) is 0.429. The van der Waals surface area contributed by atoms with Gasteiger partial charge in [-0.25, -0.2) is 0 Å². The molecule has 0 saturated heterocycles. The first-order valence-electron chi connectivity index (χ1n) is 6.02. The lowest BCUT2D eigenvalue weighted by molar-refractivity contribution is -0.274. The summed E-state index contributed by atoms with van der Waals surface area (Å²) in [7, 11) is 0. The summed E-state index contributed by atoms with van der Waals surface area (Å²) in [4.78, 5) is 0. The smallest absolute Gasteiger partial charge is 0.406 e. The third kappa shape index (κ3) is 6.86. The molecule has 5 heteroatoms. The molecule has 0 unspecified atom stereocenters. The van der Waals surface area contributed by atoms with Gasteiger partial charge < -0.3 is 10.1 Å². The number of alkyl halides is 3. The molecule has 0 aromatic heterocycles. The Labute approximate surface area is 111 Å². The summed E-state index contributed by atoms with van der Waals surface area (Å²) in [5.41, 5.74) is 1.95. The molecule has 0 radical (unpaired) electrons. The van der Waals surface area contributed by atoms with Gasteiger partial charge in [0.1, 0.15) is 5.75 Å². The SMILES string of the molecule is CC(=Cc1ccc(OC(F)(F)F)cc1)CNC(C)C. The van der Waals surface area contributed by atoms with Crippen molar-refractivity contribution in [1.29, 1.82) is 0 Å². The van der Waals surface area contributed by atoms with E-state index >= 15 is 0 Å². The molecule has 2 nitrogen and oxygen atoms in total. The summed E-state index contributed by atoms with van der Waals surface area (Å²) in [6, 6.07) is 6.20. The summed E-state index contributed by atoms with van der Waals surface area (Å²) in [5, 5.41) is 3.27. The Bertz CT molecular complexity index is 421. The Morgan fingerprint density at radius 1 is 1.26 bits per heavy atom. The lowest BCUT2D eigenvalue weighted by Crippen LogP contribution is -2.24. The zero-order chi connectivity index (χ0) is 14.5. The minimum absolute atomic E-state index is 0.206. The van der Waals surface area contributed by atoms with Crippen LogP contribution in [0.2, 0.25) is 0 Å². The van der Waals surface area contributed by atoms with Crippen molar-refractivity contribution in [1.82, 2.24) is 5.32 Å². The Kier molecular flexibility index (Phi) is 5.42. The predicted molar refractivity (Wildman–Crippen MR) is 69.9 cm³/mol. The first-order chi connectivity index (χ1) is 8.76. The van der Waals surface area contributed by atoms with Gasteiger partial charge in [-0.1, -0.05) is 37.6 Å². The molecule has 0 bridgehead atoms. The van der Waals surface area contributed by atoms with Gasteiger partial charge in [0.25, 0.3) is 0 Å². The van der Waals surface area contributed by atoms with Crippen LogP contribution in [0.5, 0.6) is 5.75 Å². The van der Waals surface area contributed by atoms with E-state index in [9.17, 15) is 13.2 Å². The van der Waals surface area contributed by atoms with E-state index in [1.54, 1.807) is 12.1 Å². The van der Waals surface area contributed by atoms with Crippen LogP contribution in [-0.2, 0) is 0 Å². The van der Waals surface area contributed by atoms with Crippen molar-refractivity contribution in [2.75, 3.05) is 6.54 Å². The van der Waals surface area contributed by atoms with Crippen molar-refractivity contribution in [3.8, 4) is 5.75 Å². The van der Waals surface area contributed by atoms with Gasteiger partial charge in [-0.05, 0) is 24.6 Å². The average Bonchev–Trinajstić information content (AvgIpc) is 2.27. The number of nitrogens with one attached hydrogen (secondary N) is 1. The van der Waals surface area contributed by atoms with Crippen molar-refractivity contribution < 1.29 is 17.9 Å². The van der Waals surface area contributed by atoms with Crippen molar-refractivity contribution in [2.24, 2.45) is 0 Å². The van der Waals surface area contributed by atoms with Crippen LogP contribution in [0.3, 0.4) is 0 Å². The molecule has 1 rings (SSSR count). The lowest BCUT2D eigenvalue weighted by atomic mass is 10.1. The van der Waals surface area contributed by atoms with E-state index in [-0.39, 0.29) is 5.75 Å². The van der Waals surface area contributed by atoms with Crippen molar-refractivity contribution in [2.45, 2.75) is 33.2 Å². The Morgan fingerprint density at radius 2 is 1.84 bits per heavy atom. The van der Waals surface area contributed by atoms with E-state index in [0.29, 0.717) is 6.04 Å². The molecule has 106 valence electrons. The van der Waals surface area contributed by atoms with Gasteiger partial charge in [0, 0.05) is 12.6 Å². The van der Waals surface area contributed by atoms with E-state index in [1.807, 2.05) is 13.0 Å². The maximum absolute atomic E-state index is 12.0. The number of hydrogen-bond acceptors (Lipinski definition) is 2. The highest BCUT2D eigenvalue weighted by Gasteiger charge is 2.30. The molecule has 1 aromatic carbocycles. The molecule has 0 saturated carbocycles. The standard InChI is InChI=1S/C14H18F3NO/c1-10(2)18-9-11(3)8-12-4-6-13(7-5-12)19-14(15,16)17/h4-8,10,18H,9H2,1-3H3. The number of hydrogen-bond donors (Lipinski definition) is 1. The molecule has 0 aliphatic rings. The molecule has 0 fully saturated rings. The van der Waals surface area contributed by atoms with Crippen LogP contribution in [0.15, 0.2) is 29.8 Å². The molecule has 1 aromatic rings. The molecule has 0 aliphatic heterocycles. The molecular formula is C14H18F3NO. The molecular weight excluding hydrogens is 255 g/mol. The van der Waals surface area contributed by atoms with Crippen molar-refractivity contribution >= 4 is 6.08 Å². The van der Waals surface area contributed by atoms with Gasteiger partial charge in [-0.15, -0.1) is 13.2 Å². The van der Waals surface area contributed by atoms with E-state index in [1.165, 1.54) is 12.1 Å². The van der Waals surface area contributed by atoms with E-state index in [4.69, 9.17) is 0 Å². The fourth-order valence-electron chi connectivity index (χ4n) is 1.47. The lowest BCUT2D eigenvalue weighted by Gasteiger charge is -2.09. The van der Waals surface area contributed by atoms with Gasteiger partial charge in [0.2, 0.25) is 0 Å².